The number of nitrogens with one attached hydrogen (secondary N) is 2. The molecule has 26 heavy (non-hydrogen) atoms. The summed E-state index contributed by atoms with van der Waals surface area (Å²) < 4.78 is 13.1. The highest BCUT2D eigenvalue weighted by Crippen LogP contribution is 2.19. The summed E-state index contributed by atoms with van der Waals surface area (Å²) in [7, 11) is 3.96. The molecule has 0 saturated carbocycles. The summed E-state index contributed by atoms with van der Waals surface area (Å²) in [5.41, 5.74) is 2.55. The lowest BCUT2D eigenvalue weighted by Gasteiger charge is -2.12. The van der Waals surface area contributed by atoms with Crippen LogP contribution in [0.3, 0.4) is 0 Å². The van der Waals surface area contributed by atoms with E-state index in [1.807, 2.05) is 43.3 Å². The van der Waals surface area contributed by atoms with Crippen LogP contribution in [0.2, 0.25) is 5.02 Å². The Bertz CT molecular complexity index is 779. The van der Waals surface area contributed by atoms with Gasteiger partial charge in [-0.2, -0.15) is 0 Å². The summed E-state index contributed by atoms with van der Waals surface area (Å²) in [5.74, 6) is -2.15. The summed E-state index contributed by atoms with van der Waals surface area (Å²) in [6, 6.07) is 11.9. The van der Waals surface area contributed by atoms with Gasteiger partial charge in [0.1, 0.15) is 5.82 Å². The Kier molecular flexibility index (Phi) is 6.97. The van der Waals surface area contributed by atoms with Gasteiger partial charge in [-0.25, -0.2) is 4.39 Å². The fraction of sp³-hybridized carbons (Fsp3) is 0.263. The molecule has 2 rings (SSSR count). The van der Waals surface area contributed by atoms with Gasteiger partial charge in [-0.1, -0.05) is 23.7 Å². The lowest BCUT2D eigenvalue weighted by molar-refractivity contribution is -0.136. The molecule has 0 aliphatic carbocycles. The molecule has 0 aromatic heterocycles. The predicted octanol–water partition coefficient (Wildman–Crippen LogP) is 3.23. The fourth-order valence-corrected chi connectivity index (χ4v) is 2.48. The van der Waals surface area contributed by atoms with Gasteiger partial charge in [0, 0.05) is 32.0 Å². The molecule has 2 aromatic carbocycles. The van der Waals surface area contributed by atoms with Gasteiger partial charge in [0.25, 0.3) is 0 Å². The maximum Gasteiger partial charge on any atom is 0.313 e. The highest BCUT2D eigenvalue weighted by atomic mass is 35.5. The monoisotopic (exact) mass is 377 g/mol. The number of nitrogens with zero attached hydrogens (tertiary/aromatic N) is 1. The third-order valence-electron chi connectivity index (χ3n) is 3.76. The van der Waals surface area contributed by atoms with E-state index in [-0.39, 0.29) is 10.7 Å². The van der Waals surface area contributed by atoms with Gasteiger partial charge in [-0.3, -0.25) is 9.59 Å². The van der Waals surface area contributed by atoms with Crippen LogP contribution in [-0.4, -0.2) is 32.5 Å². The zero-order valence-electron chi connectivity index (χ0n) is 14.7. The minimum Gasteiger partial charge on any atom is -0.378 e. The normalized spacial score (nSPS) is 10.3. The summed E-state index contributed by atoms with van der Waals surface area (Å²) in [6.45, 7) is 0.381. The van der Waals surface area contributed by atoms with E-state index in [1.54, 1.807) is 0 Å². The molecule has 0 unspecified atom stereocenters. The van der Waals surface area contributed by atoms with Crippen LogP contribution in [0.1, 0.15) is 12.0 Å². The number of amides is 2. The second kappa shape index (κ2) is 9.20. The Morgan fingerprint density at radius 1 is 1.08 bits per heavy atom. The Balaban J connectivity index is 1.73. The maximum absolute atomic E-state index is 13.1. The number of carbonyl (C=O) groups is 2. The van der Waals surface area contributed by atoms with E-state index in [1.165, 1.54) is 12.1 Å². The Morgan fingerprint density at radius 2 is 1.77 bits per heavy atom. The largest absolute Gasteiger partial charge is 0.378 e. The second-order valence-electron chi connectivity index (χ2n) is 6.00. The first kappa shape index (κ1) is 19.7. The van der Waals surface area contributed by atoms with Crippen LogP contribution in [0, 0.1) is 5.82 Å². The van der Waals surface area contributed by atoms with E-state index in [4.69, 9.17) is 11.6 Å². The van der Waals surface area contributed by atoms with Crippen LogP contribution in [0.15, 0.2) is 42.5 Å². The number of halogens is 2. The van der Waals surface area contributed by atoms with Crippen molar-refractivity contribution < 1.29 is 14.0 Å². The lowest BCUT2D eigenvalue weighted by Crippen LogP contribution is -2.36. The molecule has 5 nitrogen and oxygen atoms in total. The van der Waals surface area contributed by atoms with Crippen LogP contribution < -0.4 is 15.5 Å². The zero-order chi connectivity index (χ0) is 19.1. The molecule has 138 valence electrons. The van der Waals surface area contributed by atoms with Crippen molar-refractivity contribution in [3.05, 3.63) is 58.9 Å². The van der Waals surface area contributed by atoms with Crippen molar-refractivity contribution in [2.24, 2.45) is 0 Å². The molecular weight excluding hydrogens is 357 g/mol. The number of aryl methyl sites for hydroxylation is 1. The van der Waals surface area contributed by atoms with Crippen molar-refractivity contribution >= 4 is 34.8 Å². The van der Waals surface area contributed by atoms with E-state index < -0.39 is 17.6 Å². The minimum atomic E-state index is -0.817. The summed E-state index contributed by atoms with van der Waals surface area (Å²) in [4.78, 5) is 25.6. The first-order valence-electron chi connectivity index (χ1n) is 8.17. The molecule has 2 N–H and O–H groups in total. The summed E-state index contributed by atoms with van der Waals surface area (Å²) >= 11 is 5.63. The first-order valence-corrected chi connectivity index (χ1v) is 8.55. The third kappa shape index (κ3) is 5.74. The van der Waals surface area contributed by atoms with Crippen LogP contribution >= 0.6 is 11.6 Å². The number of hydrogen-bond acceptors (Lipinski definition) is 3. The number of rotatable bonds is 6. The van der Waals surface area contributed by atoms with Gasteiger partial charge in [0.05, 0.1) is 5.02 Å². The zero-order valence-corrected chi connectivity index (χ0v) is 15.4. The number of carbonyl (C=O) groups excluding carboxylic acids is 2. The van der Waals surface area contributed by atoms with E-state index in [2.05, 4.69) is 10.6 Å². The Labute approximate surface area is 157 Å². The molecular formula is C19H21ClFN3O2. The smallest absolute Gasteiger partial charge is 0.313 e. The molecule has 7 heteroatoms. The van der Waals surface area contributed by atoms with E-state index >= 15 is 0 Å². The van der Waals surface area contributed by atoms with Gasteiger partial charge in [0.2, 0.25) is 0 Å². The molecule has 0 atom stereocenters. The van der Waals surface area contributed by atoms with Gasteiger partial charge in [-0.05, 0) is 48.7 Å². The standard InChI is InChI=1S/C19H21ClFN3O2/c1-24(2)15-8-5-13(6-9-15)4-3-11-22-18(25)19(26)23-14-7-10-17(21)16(20)12-14/h5-10,12H,3-4,11H2,1-2H3,(H,22,25)(H,23,26). The number of hydrogen-bond donors (Lipinski definition) is 2. The van der Waals surface area contributed by atoms with Gasteiger partial charge in [-0.15, -0.1) is 0 Å². The van der Waals surface area contributed by atoms with E-state index in [9.17, 15) is 14.0 Å². The summed E-state index contributed by atoms with van der Waals surface area (Å²) in [6.07, 6.45) is 1.51. The average molecular weight is 378 g/mol. The van der Waals surface area contributed by atoms with Crippen LogP contribution in [-0.2, 0) is 16.0 Å². The fourth-order valence-electron chi connectivity index (χ4n) is 2.30. The molecule has 0 heterocycles. The molecule has 0 saturated heterocycles. The Hall–Kier alpha value is -2.60. The van der Waals surface area contributed by atoms with Crippen molar-refractivity contribution in [1.29, 1.82) is 0 Å². The van der Waals surface area contributed by atoms with Crippen molar-refractivity contribution in [1.82, 2.24) is 5.32 Å². The molecule has 0 fully saturated rings. The van der Waals surface area contributed by atoms with Crippen LogP contribution in [0.25, 0.3) is 0 Å². The van der Waals surface area contributed by atoms with Gasteiger partial charge in [0.15, 0.2) is 0 Å². The van der Waals surface area contributed by atoms with E-state index in [0.717, 1.165) is 23.7 Å². The lowest BCUT2D eigenvalue weighted by atomic mass is 10.1. The quantitative estimate of drug-likeness (QED) is 0.600. The maximum atomic E-state index is 13.1. The van der Waals surface area contributed by atoms with Crippen molar-refractivity contribution in [2.75, 3.05) is 30.9 Å². The molecule has 2 amide bonds. The second-order valence-corrected chi connectivity index (χ2v) is 6.41. The van der Waals surface area contributed by atoms with Crippen LogP contribution in [0.5, 0.6) is 0 Å². The molecule has 2 aromatic rings. The highest BCUT2D eigenvalue weighted by molar-refractivity contribution is 6.39. The SMILES string of the molecule is CN(C)c1ccc(CCCNC(=O)C(=O)Nc2ccc(F)c(Cl)c2)cc1. The number of anilines is 2. The first-order chi connectivity index (χ1) is 12.4. The Morgan fingerprint density at radius 3 is 2.38 bits per heavy atom. The van der Waals surface area contributed by atoms with Crippen molar-refractivity contribution in [3.8, 4) is 0 Å². The molecule has 0 bridgehead atoms. The van der Waals surface area contributed by atoms with Crippen LogP contribution in [0.4, 0.5) is 15.8 Å². The van der Waals surface area contributed by atoms with Crippen molar-refractivity contribution in [3.63, 3.8) is 0 Å². The summed E-state index contributed by atoms with van der Waals surface area (Å²) in [5, 5.41) is 4.82. The topological polar surface area (TPSA) is 61.4 Å². The van der Waals surface area contributed by atoms with E-state index in [0.29, 0.717) is 13.0 Å². The predicted molar refractivity (Wildman–Crippen MR) is 102 cm³/mol. The van der Waals surface area contributed by atoms with Gasteiger partial charge < -0.3 is 15.5 Å². The number of benzene rings is 2. The third-order valence-corrected chi connectivity index (χ3v) is 4.05. The molecule has 0 aliphatic rings. The molecule has 0 radical (unpaired) electrons. The molecule has 0 aliphatic heterocycles. The highest BCUT2D eigenvalue weighted by Gasteiger charge is 2.13. The average Bonchev–Trinajstić information content (AvgIpc) is 2.62. The molecule has 0 spiro atoms. The van der Waals surface area contributed by atoms with Crippen molar-refractivity contribution in [2.45, 2.75) is 12.8 Å². The van der Waals surface area contributed by atoms with Gasteiger partial charge >= 0.3 is 11.8 Å². The minimum absolute atomic E-state index is 0.122.